The molecular formula is C9H23N6O2-. The average molecular weight is 247 g/mol. The van der Waals surface area contributed by atoms with Gasteiger partial charge in [0.1, 0.15) is 0 Å². The van der Waals surface area contributed by atoms with Crippen LogP contribution < -0.4 is 16.8 Å². The zero-order valence-electron chi connectivity index (χ0n) is 10.2. The molecule has 0 aromatic carbocycles. The van der Waals surface area contributed by atoms with Crippen molar-refractivity contribution < 1.29 is 4.97 Å². The maximum atomic E-state index is 11.1. The van der Waals surface area contributed by atoms with Crippen molar-refractivity contribution in [3.8, 4) is 0 Å². The predicted octanol–water partition coefficient (Wildman–Crippen LogP) is -0.659. The Morgan fingerprint density at radius 3 is 2.24 bits per heavy atom. The summed E-state index contributed by atoms with van der Waals surface area (Å²) in [7, 11) is 0. The van der Waals surface area contributed by atoms with Crippen LogP contribution in [0.25, 0.3) is 0 Å². The van der Waals surface area contributed by atoms with E-state index in [-0.39, 0.29) is 4.97 Å². The number of nitrogens with two attached hydrogens (primary N) is 2. The molecule has 0 heterocycles. The number of hydrazine groups is 1. The molecule has 0 bridgehead atoms. The molecule has 0 aromatic heterocycles. The zero-order valence-corrected chi connectivity index (χ0v) is 10.2. The van der Waals surface area contributed by atoms with E-state index in [1.54, 1.807) is 0 Å². The molecule has 0 radical (unpaired) electrons. The van der Waals surface area contributed by atoms with Crippen LogP contribution in [-0.4, -0.2) is 49.2 Å². The molecule has 0 saturated heterocycles. The van der Waals surface area contributed by atoms with Gasteiger partial charge in [0.15, 0.2) is 0 Å². The highest BCUT2D eigenvalue weighted by Crippen LogP contribution is 1.95. The number of rotatable bonds is 11. The predicted molar refractivity (Wildman–Crippen MR) is 65.8 cm³/mol. The lowest BCUT2D eigenvalue weighted by atomic mass is 10.3. The molecule has 0 atom stereocenters. The number of nitrogens with one attached hydrogen (secondary N) is 1. The van der Waals surface area contributed by atoms with Crippen LogP contribution >= 0.6 is 0 Å². The second kappa shape index (κ2) is 11.4. The smallest absolute Gasteiger partial charge is 0.0780 e. The fourth-order valence-corrected chi connectivity index (χ4v) is 1.35. The van der Waals surface area contributed by atoms with Gasteiger partial charge in [0.05, 0.1) is 13.1 Å². The van der Waals surface area contributed by atoms with Gasteiger partial charge >= 0.3 is 0 Å². The lowest BCUT2D eigenvalue weighted by molar-refractivity contribution is -0.690. The standard InChI is InChI=1S/C9H24N6O2/c10-4-1-6-12-7-3-9-14(8-2-5-11)15(17)13-16/h12,16H,1-11H2/p-1/b15-13-. The summed E-state index contributed by atoms with van der Waals surface area (Å²) >= 11 is 0. The van der Waals surface area contributed by atoms with Crippen LogP contribution in [0.15, 0.2) is 5.28 Å². The largest absolute Gasteiger partial charge is 0.737 e. The molecule has 8 nitrogen and oxygen atoms in total. The van der Waals surface area contributed by atoms with Crippen molar-refractivity contribution >= 4 is 0 Å². The van der Waals surface area contributed by atoms with Crippen molar-refractivity contribution in [3.05, 3.63) is 10.4 Å². The van der Waals surface area contributed by atoms with E-state index in [2.05, 4.69) is 10.6 Å². The number of hydrogen-bond donors (Lipinski definition) is 3. The molecule has 0 amide bonds. The van der Waals surface area contributed by atoms with Gasteiger partial charge < -0.3 is 27.2 Å². The second-order valence-electron chi connectivity index (χ2n) is 3.68. The fraction of sp³-hybridized carbons (Fsp3) is 1.00. The normalized spacial score (nSPS) is 11.8. The highest BCUT2D eigenvalue weighted by atomic mass is 16.6. The van der Waals surface area contributed by atoms with Gasteiger partial charge in [0, 0.05) is 4.97 Å². The van der Waals surface area contributed by atoms with Crippen LogP contribution in [0, 0.1) is 10.4 Å². The van der Waals surface area contributed by atoms with Gasteiger partial charge in [0.25, 0.3) is 0 Å². The molecule has 17 heavy (non-hydrogen) atoms. The fourth-order valence-electron chi connectivity index (χ4n) is 1.35. The van der Waals surface area contributed by atoms with Crippen LogP contribution in [0.5, 0.6) is 0 Å². The Hall–Kier alpha value is -1.12. The van der Waals surface area contributed by atoms with E-state index in [4.69, 9.17) is 11.5 Å². The maximum absolute atomic E-state index is 11.1. The Morgan fingerprint density at radius 1 is 1.06 bits per heavy atom. The van der Waals surface area contributed by atoms with E-state index in [1.165, 1.54) is 5.01 Å². The van der Waals surface area contributed by atoms with Gasteiger partial charge in [-0.1, -0.05) is 0 Å². The molecule has 8 heteroatoms. The first-order valence-electron chi connectivity index (χ1n) is 5.92. The molecule has 0 saturated carbocycles. The first-order valence-corrected chi connectivity index (χ1v) is 5.92. The molecule has 0 spiro atoms. The summed E-state index contributed by atoms with van der Waals surface area (Å²) in [6, 6.07) is 0. The minimum atomic E-state index is 0.0928. The lowest BCUT2D eigenvalue weighted by Gasteiger charge is -2.19. The van der Waals surface area contributed by atoms with Crippen molar-refractivity contribution in [3.63, 3.8) is 0 Å². The minimum Gasteiger partial charge on any atom is -0.737 e. The Bertz CT molecular complexity index is 202. The molecule has 0 aliphatic heterocycles. The van der Waals surface area contributed by atoms with Crippen molar-refractivity contribution in [1.82, 2.24) is 10.3 Å². The van der Waals surface area contributed by atoms with Gasteiger partial charge in [-0.2, -0.15) is 0 Å². The van der Waals surface area contributed by atoms with Crippen LogP contribution in [0.2, 0.25) is 0 Å². The highest BCUT2D eigenvalue weighted by molar-refractivity contribution is 4.52. The minimum absolute atomic E-state index is 0.0928. The first-order chi connectivity index (χ1) is 8.26. The molecule has 5 N–H and O–H groups in total. The van der Waals surface area contributed by atoms with Gasteiger partial charge in [0.2, 0.25) is 0 Å². The molecule has 102 valence electrons. The molecule has 0 aromatic rings. The van der Waals surface area contributed by atoms with E-state index in [1.807, 2.05) is 0 Å². The van der Waals surface area contributed by atoms with E-state index in [0.717, 1.165) is 25.9 Å². The van der Waals surface area contributed by atoms with E-state index < -0.39 is 0 Å². The third-order valence-corrected chi connectivity index (χ3v) is 2.26. The molecule has 0 unspecified atom stereocenters. The van der Waals surface area contributed by atoms with Crippen LogP contribution in [-0.2, 0) is 0 Å². The molecule has 0 rings (SSSR count). The van der Waals surface area contributed by atoms with Crippen molar-refractivity contribution in [2.75, 3.05) is 39.3 Å². The number of hydrogen-bond acceptors (Lipinski definition) is 6. The van der Waals surface area contributed by atoms with Gasteiger partial charge in [-0.3, -0.25) is 0 Å². The third kappa shape index (κ3) is 8.66. The van der Waals surface area contributed by atoms with Crippen molar-refractivity contribution in [2.45, 2.75) is 19.3 Å². The lowest BCUT2D eigenvalue weighted by Crippen LogP contribution is -2.35. The second-order valence-corrected chi connectivity index (χ2v) is 3.68. The summed E-state index contributed by atoms with van der Waals surface area (Å²) in [5.74, 6) is 0. The van der Waals surface area contributed by atoms with Gasteiger partial charge in [-0.05, 0) is 50.7 Å². The molecule has 0 fully saturated rings. The Balaban J connectivity index is 3.68. The van der Waals surface area contributed by atoms with E-state index in [9.17, 15) is 10.4 Å². The van der Waals surface area contributed by atoms with Crippen LogP contribution in [0.1, 0.15) is 19.3 Å². The van der Waals surface area contributed by atoms with E-state index in [0.29, 0.717) is 32.6 Å². The average Bonchev–Trinajstić information content (AvgIpc) is 2.36. The van der Waals surface area contributed by atoms with Crippen molar-refractivity contribution in [2.24, 2.45) is 16.7 Å². The Labute approximate surface area is 102 Å². The van der Waals surface area contributed by atoms with Crippen LogP contribution in [0.4, 0.5) is 0 Å². The van der Waals surface area contributed by atoms with E-state index >= 15 is 0 Å². The van der Waals surface area contributed by atoms with Crippen LogP contribution in [0.3, 0.4) is 0 Å². The first kappa shape index (κ1) is 15.9. The van der Waals surface area contributed by atoms with Gasteiger partial charge in [-0.25, -0.2) is 0 Å². The summed E-state index contributed by atoms with van der Waals surface area (Å²) < 4.78 is 0. The summed E-state index contributed by atoms with van der Waals surface area (Å²) in [5, 5.41) is 28.1. The molecular weight excluding hydrogens is 224 g/mol. The highest BCUT2D eigenvalue weighted by Gasteiger charge is 2.09. The Morgan fingerprint density at radius 2 is 1.65 bits per heavy atom. The SMILES string of the molecule is NCCCNCCCN(CCCN)/[N+]([O-])=N/[O-]. The van der Waals surface area contributed by atoms with Crippen molar-refractivity contribution in [1.29, 1.82) is 0 Å². The molecule has 0 aliphatic carbocycles. The summed E-state index contributed by atoms with van der Waals surface area (Å²) in [6.07, 6.45) is 2.36. The van der Waals surface area contributed by atoms with Gasteiger partial charge in [-0.15, -0.1) is 5.01 Å². The maximum Gasteiger partial charge on any atom is 0.0780 e. The molecule has 0 aliphatic rings. The summed E-state index contributed by atoms with van der Waals surface area (Å²) in [5.41, 5.74) is 10.7. The number of nitrogens with zero attached hydrogens (tertiary/aromatic N) is 3. The Kier molecular flexibility index (Phi) is 10.6. The third-order valence-electron chi connectivity index (χ3n) is 2.26. The monoisotopic (exact) mass is 247 g/mol. The zero-order chi connectivity index (χ0) is 12.9. The topological polar surface area (TPSA) is 129 Å². The summed E-state index contributed by atoms with van der Waals surface area (Å²) in [4.78, 5) is 0.0928. The summed E-state index contributed by atoms with van der Waals surface area (Å²) in [6.45, 7) is 3.74. The quantitative estimate of drug-likeness (QED) is 0.192.